The maximum atomic E-state index is 12.6. The van der Waals surface area contributed by atoms with Crippen LogP contribution >= 0.6 is 34.8 Å². The molecule has 0 aromatic heterocycles. The first kappa shape index (κ1) is 16.8. The number of carbonyl (C=O) groups is 2. The van der Waals surface area contributed by atoms with Crippen molar-refractivity contribution in [1.29, 1.82) is 0 Å². The molecule has 0 bridgehead atoms. The molecule has 0 saturated carbocycles. The monoisotopic (exact) mass is 380 g/mol. The predicted octanol–water partition coefficient (Wildman–Crippen LogP) is 4.42. The second kappa shape index (κ2) is 6.85. The van der Waals surface area contributed by atoms with Crippen LogP contribution < -0.4 is 5.32 Å². The van der Waals surface area contributed by atoms with E-state index < -0.39 is 11.8 Å². The Morgan fingerprint density at radius 1 is 0.917 bits per heavy atom. The first-order chi connectivity index (χ1) is 11.5. The fraction of sp³-hybridized carbons (Fsp3) is 0.0588. The summed E-state index contributed by atoms with van der Waals surface area (Å²) in [6.07, 6.45) is 0. The minimum Gasteiger partial charge on any atom is -0.350 e. The molecule has 0 spiro atoms. The van der Waals surface area contributed by atoms with Gasteiger partial charge in [0.15, 0.2) is 0 Å². The molecule has 0 unspecified atom stereocenters. The summed E-state index contributed by atoms with van der Waals surface area (Å²) < 4.78 is 0. The molecular weight excluding hydrogens is 371 g/mol. The Morgan fingerprint density at radius 3 is 2.38 bits per heavy atom. The molecule has 1 N–H and O–H groups in total. The van der Waals surface area contributed by atoms with Gasteiger partial charge < -0.3 is 5.32 Å². The van der Waals surface area contributed by atoms with Gasteiger partial charge in [0.1, 0.15) is 10.7 Å². The molecule has 122 valence electrons. The number of amides is 2. The number of hydrogen-bond donors (Lipinski definition) is 1. The van der Waals surface area contributed by atoms with E-state index in [1.165, 1.54) is 0 Å². The zero-order valence-electron chi connectivity index (χ0n) is 12.2. The topological polar surface area (TPSA) is 49.4 Å². The summed E-state index contributed by atoms with van der Waals surface area (Å²) in [5.74, 6) is -1.07. The molecule has 0 aliphatic carbocycles. The van der Waals surface area contributed by atoms with Crippen LogP contribution in [0.3, 0.4) is 0 Å². The molecule has 1 heterocycles. The Kier molecular flexibility index (Phi) is 4.81. The van der Waals surface area contributed by atoms with E-state index in [1.807, 2.05) is 0 Å². The van der Waals surface area contributed by atoms with E-state index >= 15 is 0 Å². The molecule has 24 heavy (non-hydrogen) atoms. The lowest BCUT2D eigenvalue weighted by molar-refractivity contribution is -0.138. The number of rotatable bonds is 4. The molecule has 4 nitrogen and oxygen atoms in total. The number of hydrogen-bond acceptors (Lipinski definition) is 3. The molecular formula is C17H11Cl3N2O2. The lowest BCUT2D eigenvalue weighted by Gasteiger charge is -2.16. The lowest BCUT2D eigenvalue weighted by atomic mass is 10.2. The SMILES string of the molecule is O=C1C(Cl)=C(Nc2cccc(Cl)c2)C(=O)N1Cc1ccccc1Cl. The highest BCUT2D eigenvalue weighted by Crippen LogP contribution is 2.29. The minimum atomic E-state index is -0.564. The van der Waals surface area contributed by atoms with Crippen LogP contribution in [0.1, 0.15) is 5.56 Å². The molecule has 7 heteroatoms. The van der Waals surface area contributed by atoms with Gasteiger partial charge in [-0.1, -0.05) is 59.1 Å². The normalized spacial score (nSPS) is 14.5. The third-order valence-electron chi connectivity index (χ3n) is 3.49. The summed E-state index contributed by atoms with van der Waals surface area (Å²) >= 11 is 18.1. The van der Waals surface area contributed by atoms with Crippen LogP contribution in [0.2, 0.25) is 10.0 Å². The number of nitrogens with zero attached hydrogens (tertiary/aromatic N) is 1. The van der Waals surface area contributed by atoms with Crippen LogP contribution in [0.25, 0.3) is 0 Å². The molecule has 2 aromatic rings. The van der Waals surface area contributed by atoms with Crippen molar-refractivity contribution in [3.63, 3.8) is 0 Å². The Morgan fingerprint density at radius 2 is 1.67 bits per heavy atom. The van der Waals surface area contributed by atoms with Crippen LogP contribution in [0.15, 0.2) is 59.3 Å². The molecule has 0 fully saturated rings. The third-order valence-corrected chi connectivity index (χ3v) is 4.45. The van der Waals surface area contributed by atoms with E-state index in [9.17, 15) is 9.59 Å². The van der Waals surface area contributed by atoms with E-state index in [-0.39, 0.29) is 17.3 Å². The zero-order valence-corrected chi connectivity index (χ0v) is 14.5. The molecule has 1 aliphatic heterocycles. The van der Waals surface area contributed by atoms with Crippen molar-refractivity contribution < 1.29 is 9.59 Å². The number of nitrogens with one attached hydrogen (secondary N) is 1. The van der Waals surface area contributed by atoms with Crippen LogP contribution in [-0.4, -0.2) is 16.7 Å². The average molecular weight is 382 g/mol. The number of anilines is 1. The maximum Gasteiger partial charge on any atom is 0.279 e. The van der Waals surface area contributed by atoms with E-state index in [1.54, 1.807) is 48.5 Å². The van der Waals surface area contributed by atoms with Crippen molar-refractivity contribution in [2.75, 3.05) is 5.32 Å². The number of carbonyl (C=O) groups excluding carboxylic acids is 2. The molecule has 0 saturated heterocycles. The molecule has 0 atom stereocenters. The molecule has 0 radical (unpaired) electrons. The van der Waals surface area contributed by atoms with Crippen molar-refractivity contribution in [2.45, 2.75) is 6.54 Å². The number of benzene rings is 2. The Hall–Kier alpha value is -2.01. The van der Waals surface area contributed by atoms with Crippen LogP contribution in [0.5, 0.6) is 0 Å². The van der Waals surface area contributed by atoms with Crippen LogP contribution in [0, 0.1) is 0 Å². The highest BCUT2D eigenvalue weighted by molar-refractivity contribution is 6.48. The van der Waals surface area contributed by atoms with Gasteiger partial charge in [0, 0.05) is 15.7 Å². The van der Waals surface area contributed by atoms with Crippen molar-refractivity contribution >= 4 is 52.3 Å². The van der Waals surface area contributed by atoms with Crippen LogP contribution in [-0.2, 0) is 16.1 Å². The summed E-state index contributed by atoms with van der Waals surface area (Å²) in [7, 11) is 0. The molecule has 2 amide bonds. The van der Waals surface area contributed by atoms with Crippen molar-refractivity contribution in [1.82, 2.24) is 4.90 Å². The molecule has 3 rings (SSSR count). The second-order valence-electron chi connectivity index (χ2n) is 5.11. The van der Waals surface area contributed by atoms with Crippen molar-refractivity contribution in [3.05, 3.63) is 74.9 Å². The van der Waals surface area contributed by atoms with Gasteiger partial charge >= 0.3 is 0 Å². The standard InChI is InChI=1S/C17H11Cl3N2O2/c18-11-5-3-6-12(8-11)21-15-14(20)16(23)22(17(15)24)9-10-4-1-2-7-13(10)19/h1-8,21H,9H2. The van der Waals surface area contributed by atoms with Gasteiger partial charge in [0.2, 0.25) is 0 Å². The minimum absolute atomic E-state index is 0.0241. The highest BCUT2D eigenvalue weighted by atomic mass is 35.5. The second-order valence-corrected chi connectivity index (χ2v) is 6.33. The summed E-state index contributed by atoms with van der Waals surface area (Å²) in [5.41, 5.74) is 1.25. The van der Waals surface area contributed by atoms with Gasteiger partial charge in [-0.2, -0.15) is 0 Å². The fourth-order valence-electron chi connectivity index (χ4n) is 2.31. The van der Waals surface area contributed by atoms with Crippen molar-refractivity contribution in [3.8, 4) is 0 Å². The Labute approximate surface area is 153 Å². The molecule has 1 aliphatic rings. The quantitative estimate of drug-likeness (QED) is 0.797. The van der Waals surface area contributed by atoms with Gasteiger partial charge in [0.05, 0.1) is 6.54 Å². The van der Waals surface area contributed by atoms with Gasteiger partial charge in [-0.3, -0.25) is 14.5 Å². The van der Waals surface area contributed by atoms with Gasteiger partial charge in [0.25, 0.3) is 11.8 Å². The van der Waals surface area contributed by atoms with Crippen LogP contribution in [0.4, 0.5) is 5.69 Å². The highest BCUT2D eigenvalue weighted by Gasteiger charge is 2.38. The van der Waals surface area contributed by atoms with Gasteiger partial charge in [-0.05, 0) is 29.8 Å². The van der Waals surface area contributed by atoms with E-state index in [0.29, 0.717) is 21.3 Å². The zero-order chi connectivity index (χ0) is 17.3. The van der Waals surface area contributed by atoms with E-state index in [2.05, 4.69) is 5.32 Å². The number of imide groups is 1. The summed E-state index contributed by atoms with van der Waals surface area (Å²) in [4.78, 5) is 25.9. The Bertz CT molecular complexity index is 864. The summed E-state index contributed by atoms with van der Waals surface area (Å²) in [6.45, 7) is 0.0499. The third kappa shape index (κ3) is 3.26. The summed E-state index contributed by atoms with van der Waals surface area (Å²) in [6, 6.07) is 13.8. The van der Waals surface area contributed by atoms with E-state index in [4.69, 9.17) is 34.8 Å². The summed E-state index contributed by atoms with van der Waals surface area (Å²) in [5, 5.41) is 3.68. The molecule has 2 aromatic carbocycles. The first-order valence-corrected chi connectivity index (χ1v) is 8.12. The smallest absolute Gasteiger partial charge is 0.279 e. The first-order valence-electron chi connectivity index (χ1n) is 6.99. The average Bonchev–Trinajstić information content (AvgIpc) is 2.75. The van der Waals surface area contributed by atoms with Crippen molar-refractivity contribution in [2.24, 2.45) is 0 Å². The largest absolute Gasteiger partial charge is 0.350 e. The van der Waals surface area contributed by atoms with Gasteiger partial charge in [-0.25, -0.2) is 0 Å². The van der Waals surface area contributed by atoms with E-state index in [0.717, 1.165) is 4.90 Å². The number of halogens is 3. The maximum absolute atomic E-state index is 12.6. The van der Waals surface area contributed by atoms with Gasteiger partial charge in [-0.15, -0.1) is 0 Å². The Balaban J connectivity index is 1.84. The predicted molar refractivity (Wildman–Crippen MR) is 95.0 cm³/mol. The lowest BCUT2D eigenvalue weighted by Crippen LogP contribution is -2.31. The fourth-order valence-corrected chi connectivity index (χ4v) is 2.92.